The molecule has 6 heteroatoms. The van der Waals surface area contributed by atoms with Gasteiger partial charge in [-0.05, 0) is 24.3 Å². The number of hydrogen-bond acceptors (Lipinski definition) is 3. The summed E-state index contributed by atoms with van der Waals surface area (Å²) < 4.78 is 5.04. The van der Waals surface area contributed by atoms with Crippen LogP contribution in [-0.2, 0) is 0 Å². The van der Waals surface area contributed by atoms with Gasteiger partial charge in [-0.2, -0.15) is 0 Å². The van der Waals surface area contributed by atoms with E-state index >= 15 is 0 Å². The Kier molecular flexibility index (Phi) is 4.43. The molecular formula is C14H10Cl3NO2. The Balaban J connectivity index is 2.51. The third kappa shape index (κ3) is 2.85. The van der Waals surface area contributed by atoms with E-state index in [0.717, 1.165) is 0 Å². The summed E-state index contributed by atoms with van der Waals surface area (Å²) in [6.07, 6.45) is 0. The highest BCUT2D eigenvalue weighted by molar-refractivity contribution is 6.39. The topological polar surface area (TPSA) is 52.3 Å². The maximum Gasteiger partial charge on any atom is 0.196 e. The Hall–Kier alpha value is -1.42. The molecule has 2 rings (SSSR count). The molecule has 0 heterocycles. The zero-order valence-electron chi connectivity index (χ0n) is 10.4. The fourth-order valence-electron chi connectivity index (χ4n) is 1.72. The van der Waals surface area contributed by atoms with Gasteiger partial charge in [0.1, 0.15) is 5.75 Å². The smallest absolute Gasteiger partial charge is 0.196 e. The summed E-state index contributed by atoms with van der Waals surface area (Å²) in [4.78, 5) is 12.4. The first-order valence-electron chi connectivity index (χ1n) is 5.56. The van der Waals surface area contributed by atoms with E-state index in [-0.39, 0.29) is 21.4 Å². The third-order valence-corrected chi connectivity index (χ3v) is 3.64. The number of anilines is 1. The zero-order chi connectivity index (χ0) is 14.9. The monoisotopic (exact) mass is 329 g/mol. The van der Waals surface area contributed by atoms with Crippen molar-refractivity contribution in [2.24, 2.45) is 0 Å². The van der Waals surface area contributed by atoms with Crippen LogP contribution in [0.3, 0.4) is 0 Å². The van der Waals surface area contributed by atoms with Crippen LogP contribution in [0, 0.1) is 0 Å². The highest BCUT2D eigenvalue weighted by Gasteiger charge is 2.18. The zero-order valence-corrected chi connectivity index (χ0v) is 12.7. The standard InChI is InChI=1S/C14H10Cl3NO2/c1-20-13-6-11(16)9(5-12(13)17)14(19)8-3-2-7(18)4-10(8)15/h2-6H,18H2,1H3. The lowest BCUT2D eigenvalue weighted by atomic mass is 10.0. The van der Waals surface area contributed by atoms with Gasteiger partial charge in [0.15, 0.2) is 5.78 Å². The van der Waals surface area contributed by atoms with E-state index in [2.05, 4.69) is 0 Å². The van der Waals surface area contributed by atoms with Crippen molar-refractivity contribution in [2.75, 3.05) is 12.8 Å². The predicted molar refractivity (Wildman–Crippen MR) is 82.3 cm³/mol. The van der Waals surface area contributed by atoms with Gasteiger partial charge in [0.25, 0.3) is 0 Å². The second-order valence-corrected chi connectivity index (χ2v) is 5.26. The van der Waals surface area contributed by atoms with Crippen molar-refractivity contribution in [2.45, 2.75) is 0 Å². The van der Waals surface area contributed by atoms with Crippen LogP contribution >= 0.6 is 34.8 Å². The number of carbonyl (C=O) groups excluding carboxylic acids is 1. The van der Waals surface area contributed by atoms with Crippen molar-refractivity contribution in [3.05, 3.63) is 56.5 Å². The molecule has 0 atom stereocenters. The SMILES string of the molecule is COc1cc(Cl)c(C(=O)c2ccc(N)cc2Cl)cc1Cl. The quantitative estimate of drug-likeness (QED) is 0.667. The Labute approximate surface area is 131 Å². The molecule has 2 N–H and O–H groups in total. The lowest BCUT2D eigenvalue weighted by Crippen LogP contribution is -2.04. The summed E-state index contributed by atoms with van der Waals surface area (Å²) in [5.41, 5.74) is 6.64. The molecule has 20 heavy (non-hydrogen) atoms. The van der Waals surface area contributed by atoms with Crippen LogP contribution in [0.25, 0.3) is 0 Å². The fraction of sp³-hybridized carbons (Fsp3) is 0.0714. The van der Waals surface area contributed by atoms with Gasteiger partial charge in [-0.1, -0.05) is 34.8 Å². The minimum Gasteiger partial charge on any atom is -0.495 e. The molecule has 0 radical (unpaired) electrons. The summed E-state index contributed by atoms with van der Waals surface area (Å²) in [5, 5.41) is 0.800. The molecule has 0 aromatic heterocycles. The maximum absolute atomic E-state index is 12.4. The Bertz CT molecular complexity index is 686. The third-order valence-electron chi connectivity index (χ3n) is 2.72. The van der Waals surface area contributed by atoms with Crippen molar-refractivity contribution in [3.63, 3.8) is 0 Å². The first-order chi connectivity index (χ1) is 9.43. The number of ether oxygens (including phenoxy) is 1. The molecule has 2 aromatic rings. The molecule has 104 valence electrons. The van der Waals surface area contributed by atoms with Crippen molar-refractivity contribution in [1.29, 1.82) is 0 Å². The lowest BCUT2D eigenvalue weighted by molar-refractivity contribution is 0.103. The van der Waals surface area contributed by atoms with Crippen molar-refractivity contribution >= 4 is 46.3 Å². The van der Waals surface area contributed by atoms with Gasteiger partial charge in [-0.15, -0.1) is 0 Å². The average molecular weight is 331 g/mol. The minimum atomic E-state index is -0.329. The second kappa shape index (κ2) is 5.92. The van der Waals surface area contributed by atoms with Gasteiger partial charge in [0.05, 0.1) is 22.2 Å². The molecule has 0 aliphatic rings. The molecule has 0 spiro atoms. The molecule has 0 saturated carbocycles. The van der Waals surface area contributed by atoms with Crippen LogP contribution in [0.15, 0.2) is 30.3 Å². The summed E-state index contributed by atoms with van der Waals surface area (Å²) in [7, 11) is 1.47. The number of carbonyl (C=O) groups is 1. The number of rotatable bonds is 3. The van der Waals surface area contributed by atoms with E-state index in [0.29, 0.717) is 22.0 Å². The van der Waals surface area contributed by atoms with Crippen molar-refractivity contribution < 1.29 is 9.53 Å². The lowest BCUT2D eigenvalue weighted by Gasteiger charge is -2.09. The molecule has 0 bridgehead atoms. The van der Waals surface area contributed by atoms with Crippen molar-refractivity contribution in [1.82, 2.24) is 0 Å². The first-order valence-corrected chi connectivity index (χ1v) is 6.70. The maximum atomic E-state index is 12.4. The first kappa shape index (κ1) is 15.0. The fourth-order valence-corrected chi connectivity index (χ4v) is 2.47. The van der Waals surface area contributed by atoms with Crippen LogP contribution in [-0.4, -0.2) is 12.9 Å². The predicted octanol–water partition coefficient (Wildman–Crippen LogP) is 4.47. The van der Waals surface area contributed by atoms with Crippen LogP contribution < -0.4 is 10.5 Å². The van der Waals surface area contributed by atoms with E-state index in [1.807, 2.05) is 0 Å². The molecule has 0 fully saturated rings. The van der Waals surface area contributed by atoms with Crippen molar-refractivity contribution in [3.8, 4) is 5.75 Å². The highest BCUT2D eigenvalue weighted by Crippen LogP contribution is 2.33. The largest absolute Gasteiger partial charge is 0.495 e. The van der Waals surface area contributed by atoms with E-state index in [1.54, 1.807) is 12.1 Å². The van der Waals surface area contributed by atoms with E-state index < -0.39 is 0 Å². The Morgan fingerprint density at radius 2 is 1.65 bits per heavy atom. The van der Waals surface area contributed by atoms with Crippen LogP contribution in [0.5, 0.6) is 5.75 Å². The van der Waals surface area contributed by atoms with Crippen LogP contribution in [0.2, 0.25) is 15.1 Å². The number of nitrogen functional groups attached to an aromatic ring is 1. The normalized spacial score (nSPS) is 10.4. The van der Waals surface area contributed by atoms with Crippen LogP contribution in [0.4, 0.5) is 5.69 Å². The van der Waals surface area contributed by atoms with Gasteiger partial charge >= 0.3 is 0 Å². The van der Waals surface area contributed by atoms with E-state index in [4.69, 9.17) is 45.3 Å². The second-order valence-electron chi connectivity index (χ2n) is 4.04. The van der Waals surface area contributed by atoms with E-state index in [1.165, 1.54) is 25.3 Å². The summed E-state index contributed by atoms with van der Waals surface area (Å²) >= 11 is 18.1. The molecule has 0 aliphatic carbocycles. The van der Waals surface area contributed by atoms with Gasteiger partial charge in [-0.3, -0.25) is 4.79 Å². The average Bonchev–Trinajstić information content (AvgIpc) is 2.40. The Morgan fingerprint density at radius 3 is 2.25 bits per heavy atom. The van der Waals surface area contributed by atoms with Crippen LogP contribution in [0.1, 0.15) is 15.9 Å². The number of benzene rings is 2. The molecule has 0 aliphatic heterocycles. The molecule has 0 unspecified atom stereocenters. The molecule has 0 saturated heterocycles. The molecule has 2 aromatic carbocycles. The number of halogens is 3. The number of nitrogens with two attached hydrogens (primary N) is 1. The van der Waals surface area contributed by atoms with Gasteiger partial charge in [-0.25, -0.2) is 0 Å². The highest BCUT2D eigenvalue weighted by atomic mass is 35.5. The molecular weight excluding hydrogens is 321 g/mol. The van der Waals surface area contributed by atoms with E-state index in [9.17, 15) is 4.79 Å². The van der Waals surface area contributed by atoms with Gasteiger partial charge in [0, 0.05) is 22.9 Å². The summed E-state index contributed by atoms with van der Waals surface area (Å²) in [6.45, 7) is 0. The molecule has 0 amide bonds. The number of hydrogen-bond donors (Lipinski definition) is 1. The van der Waals surface area contributed by atoms with Gasteiger partial charge in [0.2, 0.25) is 0 Å². The summed E-state index contributed by atoms with van der Waals surface area (Å²) in [6, 6.07) is 7.60. The Morgan fingerprint density at radius 1 is 1.00 bits per heavy atom. The van der Waals surface area contributed by atoms with Gasteiger partial charge < -0.3 is 10.5 Å². The minimum absolute atomic E-state index is 0.240. The molecule has 3 nitrogen and oxygen atoms in total. The number of methoxy groups -OCH3 is 1. The number of ketones is 1. The summed E-state index contributed by atoms with van der Waals surface area (Å²) in [5.74, 6) is 0.0705.